The fourth-order valence-corrected chi connectivity index (χ4v) is 5.11. The maximum atomic E-state index is 14.5. The molecule has 9 nitrogen and oxygen atoms in total. The van der Waals surface area contributed by atoms with Crippen LogP contribution in [0, 0.1) is 5.82 Å². The zero-order valence-corrected chi connectivity index (χ0v) is 24.8. The SMILES string of the molecule is CNCc1cc2c(=O)n(-c3ccc(C[C@H](NC(=O)c4c(Cl)cccc4Cl)C(=O)OC(C)C)cc3)c(=O)n(C)c2cc1F. The average Bonchev–Trinajstić information content (AvgIpc) is 2.93. The van der Waals surface area contributed by atoms with Crippen LogP contribution >= 0.6 is 23.2 Å². The molecule has 220 valence electrons. The van der Waals surface area contributed by atoms with Crippen LogP contribution in [-0.4, -0.2) is 40.2 Å². The van der Waals surface area contributed by atoms with Gasteiger partial charge in [-0.1, -0.05) is 41.4 Å². The monoisotopic (exact) mass is 614 g/mol. The first kappa shape index (κ1) is 31.0. The lowest BCUT2D eigenvalue weighted by atomic mass is 10.0. The Bertz CT molecular complexity index is 1760. The Hall–Kier alpha value is -3.99. The van der Waals surface area contributed by atoms with E-state index >= 15 is 0 Å². The van der Waals surface area contributed by atoms with Crippen molar-refractivity contribution in [2.45, 2.75) is 39.0 Å². The molecule has 0 aliphatic heterocycles. The molecule has 0 saturated carbocycles. The van der Waals surface area contributed by atoms with E-state index in [0.717, 1.165) is 4.57 Å². The van der Waals surface area contributed by atoms with Crippen molar-refractivity contribution in [1.82, 2.24) is 19.8 Å². The van der Waals surface area contributed by atoms with Gasteiger partial charge in [-0.25, -0.2) is 18.5 Å². The molecule has 0 bridgehead atoms. The molecule has 12 heteroatoms. The molecule has 0 saturated heterocycles. The predicted molar refractivity (Wildman–Crippen MR) is 160 cm³/mol. The second-order valence-electron chi connectivity index (χ2n) is 9.95. The summed E-state index contributed by atoms with van der Waals surface area (Å²) >= 11 is 12.3. The van der Waals surface area contributed by atoms with Crippen LogP contribution in [0.1, 0.15) is 35.3 Å². The van der Waals surface area contributed by atoms with Crippen LogP contribution < -0.4 is 21.9 Å². The van der Waals surface area contributed by atoms with Gasteiger partial charge in [0, 0.05) is 25.6 Å². The van der Waals surface area contributed by atoms with Gasteiger partial charge in [0.05, 0.1) is 38.3 Å². The number of amides is 1. The number of ether oxygens (including phenoxy) is 1. The van der Waals surface area contributed by atoms with Gasteiger partial charge in [-0.3, -0.25) is 14.2 Å². The molecule has 0 fully saturated rings. The molecule has 42 heavy (non-hydrogen) atoms. The minimum atomic E-state index is -1.09. The Balaban J connectivity index is 1.68. The van der Waals surface area contributed by atoms with E-state index in [0.29, 0.717) is 11.1 Å². The summed E-state index contributed by atoms with van der Waals surface area (Å²) in [5, 5.41) is 5.95. The quantitative estimate of drug-likeness (QED) is 0.274. The van der Waals surface area contributed by atoms with E-state index in [1.54, 1.807) is 51.2 Å². The number of hydrogen-bond donors (Lipinski definition) is 2. The first-order valence-electron chi connectivity index (χ1n) is 13.1. The van der Waals surface area contributed by atoms with Crippen molar-refractivity contribution >= 4 is 46.0 Å². The molecule has 0 aliphatic rings. The number of fused-ring (bicyclic) bond motifs is 1. The molecule has 4 aromatic rings. The fraction of sp³-hybridized carbons (Fsp3) is 0.267. The Morgan fingerprint density at radius 2 is 1.67 bits per heavy atom. The third-order valence-electron chi connectivity index (χ3n) is 6.57. The Morgan fingerprint density at radius 1 is 1.02 bits per heavy atom. The molecular weight excluding hydrogens is 586 g/mol. The largest absolute Gasteiger partial charge is 0.461 e. The van der Waals surface area contributed by atoms with Crippen molar-refractivity contribution in [3.05, 3.63) is 108 Å². The van der Waals surface area contributed by atoms with E-state index in [1.165, 1.54) is 35.9 Å². The first-order valence-corrected chi connectivity index (χ1v) is 13.8. The number of carbonyl (C=O) groups is 2. The van der Waals surface area contributed by atoms with Gasteiger partial charge in [0.2, 0.25) is 0 Å². The second-order valence-corrected chi connectivity index (χ2v) is 10.8. The highest BCUT2D eigenvalue weighted by molar-refractivity contribution is 6.39. The third-order valence-corrected chi connectivity index (χ3v) is 7.20. The third kappa shape index (κ3) is 6.41. The summed E-state index contributed by atoms with van der Waals surface area (Å²) < 4.78 is 22.1. The molecule has 0 aliphatic carbocycles. The average molecular weight is 615 g/mol. The number of hydrogen-bond acceptors (Lipinski definition) is 6. The van der Waals surface area contributed by atoms with E-state index in [2.05, 4.69) is 10.6 Å². The summed E-state index contributed by atoms with van der Waals surface area (Å²) in [5.74, 6) is -1.83. The predicted octanol–water partition coefficient (Wildman–Crippen LogP) is 4.15. The van der Waals surface area contributed by atoms with Gasteiger partial charge in [0.1, 0.15) is 11.9 Å². The van der Waals surface area contributed by atoms with Gasteiger partial charge in [-0.2, -0.15) is 0 Å². The van der Waals surface area contributed by atoms with E-state index in [1.807, 2.05) is 0 Å². The van der Waals surface area contributed by atoms with Crippen molar-refractivity contribution in [3.8, 4) is 5.69 Å². The summed E-state index contributed by atoms with van der Waals surface area (Å²) in [6.45, 7) is 3.58. The van der Waals surface area contributed by atoms with Gasteiger partial charge in [0.25, 0.3) is 11.5 Å². The molecule has 0 unspecified atom stereocenters. The van der Waals surface area contributed by atoms with Crippen molar-refractivity contribution < 1.29 is 18.7 Å². The summed E-state index contributed by atoms with van der Waals surface area (Å²) in [7, 11) is 3.12. The van der Waals surface area contributed by atoms with Crippen LogP contribution in [0.5, 0.6) is 0 Å². The lowest BCUT2D eigenvalue weighted by Gasteiger charge is -2.20. The molecular formula is C30H29Cl2FN4O5. The number of aryl methyl sites for hydroxylation is 1. The van der Waals surface area contributed by atoms with Gasteiger partial charge in [-0.15, -0.1) is 0 Å². The van der Waals surface area contributed by atoms with E-state index in [-0.39, 0.29) is 45.2 Å². The highest BCUT2D eigenvalue weighted by atomic mass is 35.5. The molecule has 3 aromatic carbocycles. The first-order chi connectivity index (χ1) is 19.9. The van der Waals surface area contributed by atoms with Gasteiger partial charge >= 0.3 is 11.7 Å². The van der Waals surface area contributed by atoms with E-state index in [9.17, 15) is 23.6 Å². The lowest BCUT2D eigenvalue weighted by Crippen LogP contribution is -2.44. The summed E-state index contributed by atoms with van der Waals surface area (Å²) in [5.41, 5.74) is 0.141. The molecule has 4 rings (SSSR count). The zero-order valence-electron chi connectivity index (χ0n) is 23.3. The smallest absolute Gasteiger partial charge is 0.335 e. The maximum absolute atomic E-state index is 14.5. The van der Waals surface area contributed by atoms with E-state index < -0.39 is 41.1 Å². The molecule has 1 atom stereocenters. The maximum Gasteiger partial charge on any atom is 0.335 e. The summed E-state index contributed by atoms with van der Waals surface area (Å²) in [6.07, 6.45) is -0.391. The van der Waals surface area contributed by atoms with Gasteiger partial charge < -0.3 is 15.4 Å². The Labute approximate surface area is 250 Å². The van der Waals surface area contributed by atoms with Crippen molar-refractivity contribution in [3.63, 3.8) is 0 Å². The van der Waals surface area contributed by atoms with E-state index in [4.69, 9.17) is 27.9 Å². The number of aromatic nitrogens is 2. The molecule has 2 N–H and O–H groups in total. The molecule has 0 spiro atoms. The number of carbonyl (C=O) groups excluding carboxylic acids is 2. The van der Waals surface area contributed by atoms with Gasteiger partial charge in [0.15, 0.2) is 0 Å². The minimum Gasteiger partial charge on any atom is -0.461 e. The topological polar surface area (TPSA) is 111 Å². The van der Waals surface area contributed by atoms with Crippen molar-refractivity contribution in [2.75, 3.05) is 7.05 Å². The number of rotatable bonds is 9. The fourth-order valence-electron chi connectivity index (χ4n) is 4.54. The lowest BCUT2D eigenvalue weighted by molar-refractivity contribution is -0.149. The minimum absolute atomic E-state index is 0.0304. The van der Waals surface area contributed by atoms with Gasteiger partial charge in [-0.05, 0) is 62.9 Å². The van der Waals surface area contributed by atoms with Crippen LogP contribution in [0.3, 0.4) is 0 Å². The molecule has 0 radical (unpaired) electrons. The molecule has 1 heterocycles. The zero-order chi connectivity index (χ0) is 30.7. The standard InChI is InChI=1S/C30H29Cl2FN4O5/c1-16(2)42-29(40)24(35-27(38)26-21(31)6-5-7-22(26)32)12-17-8-10-19(11-9-17)37-28(39)20-13-18(15-34-3)23(33)14-25(20)36(4)30(37)41/h5-11,13-14,16,24,34H,12,15H2,1-4H3,(H,35,38)/t24-/m0/s1. The van der Waals surface area contributed by atoms with Crippen LogP contribution in [0.2, 0.25) is 10.0 Å². The summed E-state index contributed by atoms with van der Waals surface area (Å²) in [4.78, 5) is 52.5. The summed E-state index contributed by atoms with van der Waals surface area (Å²) in [6, 6.07) is 12.5. The van der Waals surface area contributed by atoms with Crippen LogP contribution in [0.15, 0.2) is 64.2 Å². The number of esters is 1. The van der Waals surface area contributed by atoms with Crippen molar-refractivity contribution in [1.29, 1.82) is 0 Å². The number of nitrogens with one attached hydrogen (secondary N) is 2. The molecule has 1 amide bonds. The highest BCUT2D eigenvalue weighted by Gasteiger charge is 2.26. The van der Waals surface area contributed by atoms with Crippen LogP contribution in [0.25, 0.3) is 16.6 Å². The Kier molecular flexibility index (Phi) is 9.50. The number of halogens is 3. The van der Waals surface area contributed by atoms with Crippen LogP contribution in [-0.2, 0) is 29.5 Å². The highest BCUT2D eigenvalue weighted by Crippen LogP contribution is 2.24. The molecule has 1 aromatic heterocycles. The normalized spacial score (nSPS) is 12.0. The van der Waals surface area contributed by atoms with Crippen LogP contribution in [0.4, 0.5) is 4.39 Å². The number of benzene rings is 3. The van der Waals surface area contributed by atoms with Crippen molar-refractivity contribution in [2.24, 2.45) is 7.05 Å². The second kappa shape index (κ2) is 12.9. The number of nitrogens with zero attached hydrogens (tertiary/aromatic N) is 2. The Morgan fingerprint density at radius 3 is 2.26 bits per heavy atom.